The number of carbonyl (C=O) groups excluding carboxylic acids is 1. The van der Waals surface area contributed by atoms with Crippen molar-refractivity contribution in [3.8, 4) is 0 Å². The third-order valence-electron chi connectivity index (χ3n) is 4.20. The van der Waals surface area contributed by atoms with Gasteiger partial charge in [0.15, 0.2) is 5.79 Å². The van der Waals surface area contributed by atoms with Crippen LogP contribution < -0.4 is 5.32 Å². The Morgan fingerprint density at radius 1 is 1.21 bits per heavy atom. The zero-order valence-electron chi connectivity index (χ0n) is 12.4. The third-order valence-corrected chi connectivity index (χ3v) is 4.20. The van der Waals surface area contributed by atoms with Crippen molar-refractivity contribution >= 4 is 5.91 Å². The molecule has 5 heteroatoms. The molecular weight excluding hydrogens is 246 g/mol. The first-order chi connectivity index (χ1) is 8.80. The summed E-state index contributed by atoms with van der Waals surface area (Å²) in [5, 5.41) is 3.00. The van der Waals surface area contributed by atoms with Gasteiger partial charge in [0, 0.05) is 12.8 Å². The Morgan fingerprint density at radius 3 is 2.47 bits per heavy atom. The summed E-state index contributed by atoms with van der Waals surface area (Å²) in [5.41, 5.74) is 0. The van der Waals surface area contributed by atoms with Crippen LogP contribution >= 0.6 is 0 Å². The molecule has 0 aromatic rings. The van der Waals surface area contributed by atoms with E-state index in [-0.39, 0.29) is 30.1 Å². The molecule has 5 atom stereocenters. The van der Waals surface area contributed by atoms with E-state index >= 15 is 0 Å². The standard InChI is InChI=1S/C14H25NO4/c1-8-11-6-17-14(4,5)18-7-12(11)19-9(2)13(8)15-10(3)16/h8-9,11-13H,6-7H2,1-5H3,(H,15,16). The Hall–Kier alpha value is -0.650. The topological polar surface area (TPSA) is 56.8 Å². The molecule has 2 heterocycles. The lowest BCUT2D eigenvalue weighted by Crippen LogP contribution is -2.57. The first-order valence-corrected chi connectivity index (χ1v) is 7.00. The fraction of sp³-hybridized carbons (Fsp3) is 0.929. The summed E-state index contributed by atoms with van der Waals surface area (Å²) >= 11 is 0. The zero-order valence-corrected chi connectivity index (χ0v) is 12.4. The third kappa shape index (κ3) is 3.27. The summed E-state index contributed by atoms with van der Waals surface area (Å²) in [4.78, 5) is 11.3. The van der Waals surface area contributed by atoms with Crippen molar-refractivity contribution in [2.75, 3.05) is 13.2 Å². The molecule has 5 unspecified atom stereocenters. The van der Waals surface area contributed by atoms with Gasteiger partial charge in [0.05, 0.1) is 31.5 Å². The van der Waals surface area contributed by atoms with E-state index in [9.17, 15) is 4.79 Å². The normalized spacial score (nSPS) is 42.1. The van der Waals surface area contributed by atoms with Gasteiger partial charge in [-0.3, -0.25) is 4.79 Å². The smallest absolute Gasteiger partial charge is 0.217 e. The Bertz CT molecular complexity index is 344. The molecule has 2 aliphatic rings. The molecular formula is C14H25NO4. The number of amides is 1. The van der Waals surface area contributed by atoms with Gasteiger partial charge in [-0.15, -0.1) is 0 Å². The second kappa shape index (κ2) is 5.38. The lowest BCUT2D eigenvalue weighted by atomic mass is 9.79. The van der Waals surface area contributed by atoms with E-state index in [1.807, 2.05) is 20.8 Å². The number of carbonyl (C=O) groups is 1. The van der Waals surface area contributed by atoms with Crippen LogP contribution in [0.5, 0.6) is 0 Å². The van der Waals surface area contributed by atoms with E-state index in [4.69, 9.17) is 14.2 Å². The number of fused-ring (bicyclic) bond motifs is 1. The molecule has 5 nitrogen and oxygen atoms in total. The Balaban J connectivity index is 2.11. The van der Waals surface area contributed by atoms with Crippen LogP contribution in [0.3, 0.4) is 0 Å². The molecule has 1 N–H and O–H groups in total. The summed E-state index contributed by atoms with van der Waals surface area (Å²) in [7, 11) is 0. The van der Waals surface area contributed by atoms with E-state index in [2.05, 4.69) is 12.2 Å². The summed E-state index contributed by atoms with van der Waals surface area (Å²) in [5.74, 6) is -0.0329. The quantitative estimate of drug-likeness (QED) is 0.781. The molecule has 2 saturated heterocycles. The minimum Gasteiger partial charge on any atom is -0.370 e. The van der Waals surface area contributed by atoms with Crippen LogP contribution in [0.15, 0.2) is 0 Å². The van der Waals surface area contributed by atoms with Crippen LogP contribution in [0.2, 0.25) is 0 Å². The average molecular weight is 271 g/mol. The van der Waals surface area contributed by atoms with Crippen molar-refractivity contribution in [2.24, 2.45) is 11.8 Å². The fourth-order valence-electron chi connectivity index (χ4n) is 3.02. The second-order valence-corrected chi connectivity index (χ2v) is 6.15. The minimum atomic E-state index is -0.562. The molecule has 0 aliphatic carbocycles. The highest BCUT2D eigenvalue weighted by atomic mass is 16.7. The SMILES string of the molecule is CC(=O)NC1C(C)OC2COC(C)(C)OCC2C1C. The highest BCUT2D eigenvalue weighted by Crippen LogP contribution is 2.35. The van der Waals surface area contributed by atoms with Gasteiger partial charge in [-0.25, -0.2) is 0 Å². The van der Waals surface area contributed by atoms with Gasteiger partial charge in [0.1, 0.15) is 0 Å². The number of hydrogen-bond acceptors (Lipinski definition) is 4. The molecule has 0 radical (unpaired) electrons. The van der Waals surface area contributed by atoms with Crippen molar-refractivity contribution in [3.63, 3.8) is 0 Å². The molecule has 110 valence electrons. The van der Waals surface area contributed by atoms with Crippen molar-refractivity contribution in [1.29, 1.82) is 0 Å². The van der Waals surface area contributed by atoms with Crippen molar-refractivity contribution in [3.05, 3.63) is 0 Å². The zero-order chi connectivity index (χ0) is 14.2. The molecule has 1 amide bonds. The number of nitrogens with one attached hydrogen (secondary N) is 1. The first kappa shape index (κ1) is 14.8. The molecule has 2 aliphatic heterocycles. The maximum Gasteiger partial charge on any atom is 0.217 e. The van der Waals surface area contributed by atoms with E-state index in [0.29, 0.717) is 19.1 Å². The minimum absolute atomic E-state index is 0.00929. The van der Waals surface area contributed by atoms with Gasteiger partial charge in [-0.2, -0.15) is 0 Å². The highest BCUT2D eigenvalue weighted by molar-refractivity contribution is 5.73. The predicted octanol–water partition coefficient (Wildman–Crippen LogP) is 1.31. The number of hydrogen-bond donors (Lipinski definition) is 1. The average Bonchev–Trinajstić information content (AvgIpc) is 2.44. The van der Waals surface area contributed by atoms with Crippen LogP contribution in [0.25, 0.3) is 0 Å². The molecule has 0 spiro atoms. The van der Waals surface area contributed by atoms with E-state index in [1.165, 1.54) is 0 Å². The van der Waals surface area contributed by atoms with E-state index < -0.39 is 5.79 Å². The van der Waals surface area contributed by atoms with Crippen LogP contribution in [0.1, 0.15) is 34.6 Å². The van der Waals surface area contributed by atoms with Gasteiger partial charge >= 0.3 is 0 Å². The van der Waals surface area contributed by atoms with Crippen molar-refractivity contribution in [1.82, 2.24) is 5.32 Å². The van der Waals surface area contributed by atoms with Crippen LogP contribution in [0, 0.1) is 11.8 Å². The van der Waals surface area contributed by atoms with E-state index in [0.717, 1.165) is 0 Å². The number of ether oxygens (including phenoxy) is 3. The maximum absolute atomic E-state index is 11.3. The first-order valence-electron chi connectivity index (χ1n) is 7.00. The molecule has 2 rings (SSSR count). The molecule has 0 aromatic carbocycles. The van der Waals surface area contributed by atoms with Gasteiger partial charge in [0.25, 0.3) is 0 Å². The Labute approximate surface area is 115 Å². The monoisotopic (exact) mass is 271 g/mol. The predicted molar refractivity (Wildman–Crippen MR) is 70.6 cm³/mol. The second-order valence-electron chi connectivity index (χ2n) is 6.15. The molecule has 0 bridgehead atoms. The molecule has 0 saturated carbocycles. The Morgan fingerprint density at radius 2 is 1.84 bits per heavy atom. The molecule has 19 heavy (non-hydrogen) atoms. The summed E-state index contributed by atoms with van der Waals surface area (Å²) in [6, 6.07) is 0.0311. The molecule has 0 aromatic heterocycles. The van der Waals surface area contributed by atoms with Crippen molar-refractivity contribution in [2.45, 2.75) is 58.7 Å². The largest absolute Gasteiger partial charge is 0.370 e. The lowest BCUT2D eigenvalue weighted by molar-refractivity contribution is -0.205. The fourth-order valence-corrected chi connectivity index (χ4v) is 3.02. The van der Waals surface area contributed by atoms with Gasteiger partial charge < -0.3 is 19.5 Å². The summed E-state index contributed by atoms with van der Waals surface area (Å²) in [6.45, 7) is 10.7. The van der Waals surface area contributed by atoms with Crippen LogP contribution in [-0.2, 0) is 19.0 Å². The van der Waals surface area contributed by atoms with Gasteiger partial charge in [-0.05, 0) is 26.7 Å². The maximum atomic E-state index is 11.3. The van der Waals surface area contributed by atoms with Crippen LogP contribution in [-0.4, -0.2) is 43.2 Å². The van der Waals surface area contributed by atoms with Crippen molar-refractivity contribution < 1.29 is 19.0 Å². The van der Waals surface area contributed by atoms with Gasteiger partial charge in [0.2, 0.25) is 5.91 Å². The van der Waals surface area contributed by atoms with Crippen LogP contribution in [0.4, 0.5) is 0 Å². The number of rotatable bonds is 1. The highest BCUT2D eigenvalue weighted by Gasteiger charge is 2.45. The Kier molecular flexibility index (Phi) is 4.18. The van der Waals surface area contributed by atoms with E-state index in [1.54, 1.807) is 6.92 Å². The lowest BCUT2D eigenvalue weighted by Gasteiger charge is -2.44. The molecule has 2 fully saturated rings. The summed E-state index contributed by atoms with van der Waals surface area (Å²) in [6.07, 6.45) is 0.0294. The van der Waals surface area contributed by atoms with Gasteiger partial charge in [-0.1, -0.05) is 6.92 Å². The summed E-state index contributed by atoms with van der Waals surface area (Å²) < 4.78 is 17.6.